The number of hydrogen-bond acceptors (Lipinski definition) is 4. The number of benzene rings is 1. The molecule has 136 valence electrons. The number of rotatable bonds is 7. The molecule has 1 unspecified atom stereocenters. The van der Waals surface area contributed by atoms with Crippen LogP contribution in [0.3, 0.4) is 0 Å². The zero-order chi connectivity index (χ0) is 18.5. The SMILES string of the molecule is CC(C)C(CNC(=O)CCn1cnc2sccc2c1=O)c1ccccc1. The van der Waals surface area contributed by atoms with E-state index in [0.29, 0.717) is 24.4 Å². The molecule has 5 nitrogen and oxygen atoms in total. The highest BCUT2D eigenvalue weighted by molar-refractivity contribution is 7.16. The topological polar surface area (TPSA) is 64.0 Å². The Balaban J connectivity index is 1.58. The second-order valence-electron chi connectivity index (χ2n) is 6.70. The molecule has 0 fully saturated rings. The molecule has 0 saturated carbocycles. The first-order valence-corrected chi connectivity index (χ1v) is 9.68. The van der Waals surface area contributed by atoms with Gasteiger partial charge in [0, 0.05) is 25.4 Å². The summed E-state index contributed by atoms with van der Waals surface area (Å²) in [5, 5.41) is 5.48. The number of amides is 1. The molecule has 2 aromatic heterocycles. The van der Waals surface area contributed by atoms with E-state index in [1.807, 2.05) is 23.6 Å². The fraction of sp³-hybridized carbons (Fsp3) is 0.350. The van der Waals surface area contributed by atoms with E-state index < -0.39 is 0 Å². The largest absolute Gasteiger partial charge is 0.355 e. The van der Waals surface area contributed by atoms with E-state index in [2.05, 4.69) is 36.3 Å². The molecule has 0 saturated heterocycles. The van der Waals surface area contributed by atoms with Crippen molar-refractivity contribution in [1.29, 1.82) is 0 Å². The van der Waals surface area contributed by atoms with E-state index >= 15 is 0 Å². The number of fused-ring (bicyclic) bond motifs is 1. The van der Waals surface area contributed by atoms with Crippen molar-refractivity contribution in [3.8, 4) is 0 Å². The minimum atomic E-state index is -0.0895. The lowest BCUT2D eigenvalue weighted by atomic mass is 9.88. The van der Waals surface area contributed by atoms with Crippen LogP contribution in [0.15, 0.2) is 52.9 Å². The number of thiophene rings is 1. The second kappa shape index (κ2) is 8.27. The first-order chi connectivity index (χ1) is 12.6. The van der Waals surface area contributed by atoms with Gasteiger partial charge in [-0.3, -0.25) is 14.2 Å². The van der Waals surface area contributed by atoms with Crippen molar-refractivity contribution >= 4 is 27.5 Å². The Morgan fingerprint density at radius 3 is 2.73 bits per heavy atom. The van der Waals surface area contributed by atoms with Crippen molar-refractivity contribution in [2.24, 2.45) is 5.92 Å². The van der Waals surface area contributed by atoms with Crippen LogP contribution in [0.2, 0.25) is 0 Å². The van der Waals surface area contributed by atoms with E-state index in [1.54, 1.807) is 6.07 Å². The molecule has 0 spiro atoms. The van der Waals surface area contributed by atoms with Gasteiger partial charge >= 0.3 is 0 Å². The van der Waals surface area contributed by atoms with Gasteiger partial charge < -0.3 is 5.32 Å². The van der Waals surface area contributed by atoms with Gasteiger partial charge in [0.15, 0.2) is 0 Å². The predicted octanol–water partition coefficient (Wildman–Crippen LogP) is 3.40. The van der Waals surface area contributed by atoms with Crippen molar-refractivity contribution in [3.63, 3.8) is 0 Å². The van der Waals surface area contributed by atoms with Crippen LogP contribution in [0, 0.1) is 5.92 Å². The Bertz CT molecular complexity index is 931. The maximum Gasteiger partial charge on any atom is 0.262 e. The number of nitrogens with one attached hydrogen (secondary N) is 1. The van der Waals surface area contributed by atoms with Crippen LogP contribution in [0.5, 0.6) is 0 Å². The smallest absolute Gasteiger partial charge is 0.262 e. The zero-order valence-corrected chi connectivity index (χ0v) is 15.8. The molecule has 1 amide bonds. The summed E-state index contributed by atoms with van der Waals surface area (Å²) in [5.74, 6) is 0.640. The Kier molecular flexibility index (Phi) is 5.83. The Morgan fingerprint density at radius 2 is 2.00 bits per heavy atom. The molecule has 1 atom stereocenters. The van der Waals surface area contributed by atoms with E-state index in [0.717, 1.165) is 4.83 Å². The van der Waals surface area contributed by atoms with Gasteiger partial charge in [-0.1, -0.05) is 44.2 Å². The zero-order valence-electron chi connectivity index (χ0n) is 15.0. The molecule has 1 aromatic carbocycles. The average Bonchev–Trinajstić information content (AvgIpc) is 3.11. The van der Waals surface area contributed by atoms with Crippen LogP contribution in [-0.4, -0.2) is 22.0 Å². The van der Waals surface area contributed by atoms with Crippen molar-refractivity contribution in [3.05, 3.63) is 64.0 Å². The maximum atomic E-state index is 12.3. The van der Waals surface area contributed by atoms with Gasteiger partial charge in [-0.15, -0.1) is 11.3 Å². The Morgan fingerprint density at radius 1 is 1.23 bits per heavy atom. The molecular weight excluding hydrogens is 346 g/mol. The third-order valence-corrected chi connectivity index (χ3v) is 5.40. The molecule has 0 aliphatic rings. The predicted molar refractivity (Wildman–Crippen MR) is 106 cm³/mol. The minimum absolute atomic E-state index is 0.0519. The van der Waals surface area contributed by atoms with Gasteiger partial charge in [0.25, 0.3) is 5.56 Å². The molecule has 0 aliphatic heterocycles. The second-order valence-corrected chi connectivity index (χ2v) is 7.59. The van der Waals surface area contributed by atoms with Crippen LogP contribution in [-0.2, 0) is 11.3 Å². The highest BCUT2D eigenvalue weighted by atomic mass is 32.1. The van der Waals surface area contributed by atoms with Gasteiger partial charge in [-0.25, -0.2) is 4.98 Å². The summed E-state index contributed by atoms with van der Waals surface area (Å²) in [7, 11) is 0. The lowest BCUT2D eigenvalue weighted by molar-refractivity contribution is -0.121. The summed E-state index contributed by atoms with van der Waals surface area (Å²) in [6.45, 7) is 5.24. The minimum Gasteiger partial charge on any atom is -0.355 e. The van der Waals surface area contributed by atoms with Gasteiger partial charge in [-0.2, -0.15) is 0 Å². The van der Waals surface area contributed by atoms with Crippen LogP contribution < -0.4 is 10.9 Å². The lowest BCUT2D eigenvalue weighted by Gasteiger charge is -2.22. The van der Waals surface area contributed by atoms with Crippen molar-refractivity contribution in [1.82, 2.24) is 14.9 Å². The van der Waals surface area contributed by atoms with Crippen molar-refractivity contribution in [2.45, 2.75) is 32.7 Å². The number of aryl methyl sites for hydroxylation is 1. The van der Waals surface area contributed by atoms with E-state index in [4.69, 9.17) is 0 Å². The van der Waals surface area contributed by atoms with Crippen LogP contribution >= 0.6 is 11.3 Å². The quantitative estimate of drug-likeness (QED) is 0.694. The highest BCUT2D eigenvalue weighted by Crippen LogP contribution is 2.23. The van der Waals surface area contributed by atoms with Crippen molar-refractivity contribution < 1.29 is 4.79 Å². The Labute approximate surface area is 156 Å². The molecule has 0 radical (unpaired) electrons. The normalized spacial score (nSPS) is 12.4. The third-order valence-electron chi connectivity index (χ3n) is 4.58. The molecule has 2 heterocycles. The molecule has 26 heavy (non-hydrogen) atoms. The average molecular weight is 369 g/mol. The summed E-state index contributed by atoms with van der Waals surface area (Å²) in [4.78, 5) is 29.6. The fourth-order valence-corrected chi connectivity index (χ4v) is 3.75. The number of hydrogen-bond donors (Lipinski definition) is 1. The Hall–Kier alpha value is -2.47. The summed E-state index contributed by atoms with van der Waals surface area (Å²) < 4.78 is 1.51. The summed E-state index contributed by atoms with van der Waals surface area (Å²) in [6, 6.07) is 12.0. The molecule has 3 rings (SSSR count). The number of carbonyl (C=O) groups excluding carboxylic acids is 1. The van der Waals surface area contributed by atoms with E-state index in [-0.39, 0.29) is 23.8 Å². The van der Waals surface area contributed by atoms with Gasteiger partial charge in [0.1, 0.15) is 4.83 Å². The first-order valence-electron chi connectivity index (χ1n) is 8.80. The third kappa shape index (κ3) is 4.19. The summed E-state index contributed by atoms with van der Waals surface area (Å²) >= 11 is 1.44. The summed E-state index contributed by atoms with van der Waals surface area (Å²) in [6.07, 6.45) is 1.78. The maximum absolute atomic E-state index is 12.3. The van der Waals surface area contributed by atoms with Crippen LogP contribution in [0.4, 0.5) is 0 Å². The molecule has 6 heteroatoms. The van der Waals surface area contributed by atoms with Gasteiger partial charge in [0.05, 0.1) is 11.7 Å². The molecular formula is C20H23N3O2S. The summed E-state index contributed by atoms with van der Waals surface area (Å²) in [5.41, 5.74) is 1.14. The van der Waals surface area contributed by atoms with E-state index in [9.17, 15) is 9.59 Å². The molecule has 3 aromatic rings. The molecule has 1 N–H and O–H groups in total. The standard InChI is InChI=1S/C20H23N3O2S/c1-14(2)17(15-6-4-3-5-7-15)12-21-18(24)8-10-23-13-22-19-16(20(23)25)9-11-26-19/h3-7,9,11,13-14,17H,8,10,12H2,1-2H3,(H,21,24). The van der Waals surface area contributed by atoms with Crippen LogP contribution in [0.25, 0.3) is 10.2 Å². The van der Waals surface area contributed by atoms with Gasteiger partial charge in [-0.05, 0) is 22.9 Å². The fourth-order valence-electron chi connectivity index (χ4n) is 3.03. The lowest BCUT2D eigenvalue weighted by Crippen LogP contribution is -2.32. The van der Waals surface area contributed by atoms with E-state index in [1.165, 1.54) is 27.8 Å². The monoisotopic (exact) mass is 369 g/mol. The highest BCUT2D eigenvalue weighted by Gasteiger charge is 2.16. The van der Waals surface area contributed by atoms with Gasteiger partial charge in [0.2, 0.25) is 5.91 Å². The number of carbonyl (C=O) groups is 1. The molecule has 0 bridgehead atoms. The number of nitrogens with zero attached hydrogens (tertiary/aromatic N) is 2. The van der Waals surface area contributed by atoms with Crippen molar-refractivity contribution in [2.75, 3.05) is 6.54 Å². The van der Waals surface area contributed by atoms with Crippen LogP contribution in [0.1, 0.15) is 31.7 Å². The molecule has 0 aliphatic carbocycles. The number of aromatic nitrogens is 2. The first kappa shape index (κ1) is 18.3.